The number of allylic oxidation sites excluding steroid dienone is 2. The lowest BCUT2D eigenvalue weighted by Crippen LogP contribution is -2.36. The van der Waals surface area contributed by atoms with E-state index in [9.17, 15) is 14.7 Å². The van der Waals surface area contributed by atoms with Crippen molar-refractivity contribution in [3.63, 3.8) is 0 Å². The lowest BCUT2D eigenvalue weighted by Gasteiger charge is -2.35. The van der Waals surface area contributed by atoms with E-state index in [1.807, 2.05) is 41.8 Å². The molecule has 0 fully saturated rings. The fourth-order valence-electron chi connectivity index (χ4n) is 4.38. The predicted molar refractivity (Wildman–Crippen MR) is 108 cm³/mol. The second-order valence-electron chi connectivity index (χ2n) is 7.19. The van der Waals surface area contributed by atoms with Crippen molar-refractivity contribution in [1.29, 1.82) is 0 Å². The molecule has 1 aromatic heterocycles. The quantitative estimate of drug-likeness (QED) is 0.832. The summed E-state index contributed by atoms with van der Waals surface area (Å²) in [5.74, 6) is -1.48. The number of aliphatic imine (C=N–C) groups is 1. The molecule has 0 radical (unpaired) electrons. The minimum atomic E-state index is -0.939. The standard InChI is InChI=1S/C22H21NO4S/c1-12-19(22(25)26)21(18-8-5-9-28-18)20-15(23-12)10-13(11-16(20)24)14-6-3-4-7-17(14)27-2/h3-9,13,19,21H,10-11H2,1-2H3,(H,25,26). The van der Waals surface area contributed by atoms with Gasteiger partial charge < -0.3 is 9.84 Å². The van der Waals surface area contributed by atoms with Crippen LogP contribution in [0.3, 0.4) is 0 Å². The number of ether oxygens (including phenoxy) is 1. The van der Waals surface area contributed by atoms with Gasteiger partial charge in [0.15, 0.2) is 5.78 Å². The van der Waals surface area contributed by atoms with Gasteiger partial charge >= 0.3 is 5.97 Å². The molecule has 1 aliphatic heterocycles. The van der Waals surface area contributed by atoms with Crippen LogP contribution >= 0.6 is 11.3 Å². The number of ketones is 1. The summed E-state index contributed by atoms with van der Waals surface area (Å²) < 4.78 is 5.48. The van der Waals surface area contributed by atoms with Gasteiger partial charge in [0.1, 0.15) is 11.7 Å². The van der Waals surface area contributed by atoms with Crippen LogP contribution in [0.4, 0.5) is 0 Å². The summed E-state index contributed by atoms with van der Waals surface area (Å²) >= 11 is 1.49. The molecule has 0 bridgehead atoms. The molecule has 1 aromatic carbocycles. The maximum absolute atomic E-state index is 13.2. The summed E-state index contributed by atoms with van der Waals surface area (Å²) in [5.41, 5.74) is 2.84. The Morgan fingerprint density at radius 3 is 2.68 bits per heavy atom. The van der Waals surface area contributed by atoms with Crippen LogP contribution in [0.15, 0.2) is 58.0 Å². The van der Waals surface area contributed by atoms with E-state index in [1.165, 1.54) is 11.3 Å². The summed E-state index contributed by atoms with van der Waals surface area (Å²) in [6.45, 7) is 1.75. The molecule has 0 spiro atoms. The van der Waals surface area contributed by atoms with E-state index >= 15 is 0 Å². The van der Waals surface area contributed by atoms with E-state index in [-0.39, 0.29) is 11.7 Å². The van der Waals surface area contributed by atoms with Crippen LogP contribution in [0.25, 0.3) is 0 Å². The summed E-state index contributed by atoms with van der Waals surface area (Å²) in [6, 6.07) is 11.5. The van der Waals surface area contributed by atoms with E-state index in [4.69, 9.17) is 4.74 Å². The number of nitrogens with zero attached hydrogens (tertiary/aromatic N) is 1. The van der Waals surface area contributed by atoms with Crippen LogP contribution in [0, 0.1) is 5.92 Å². The SMILES string of the molecule is COc1ccccc1C1CC(=O)C2=C(C1)N=C(C)C(C(=O)O)C2c1cccs1. The number of Topliss-reactive ketones (excluding diaryl/α,β-unsaturated/α-hetero) is 1. The largest absolute Gasteiger partial charge is 0.496 e. The van der Waals surface area contributed by atoms with Gasteiger partial charge in [0, 0.05) is 40.1 Å². The van der Waals surface area contributed by atoms with Crippen molar-refractivity contribution in [2.24, 2.45) is 10.9 Å². The summed E-state index contributed by atoms with van der Waals surface area (Å²) in [6.07, 6.45) is 0.939. The van der Waals surface area contributed by atoms with E-state index in [0.717, 1.165) is 21.9 Å². The van der Waals surface area contributed by atoms with Crippen molar-refractivity contribution >= 4 is 28.8 Å². The van der Waals surface area contributed by atoms with Crippen molar-refractivity contribution in [3.8, 4) is 5.75 Å². The van der Waals surface area contributed by atoms with Gasteiger partial charge in [0.05, 0.1) is 7.11 Å². The molecular weight excluding hydrogens is 374 g/mol. The normalized spacial score (nSPS) is 24.6. The first-order chi connectivity index (χ1) is 13.5. The average Bonchev–Trinajstić information content (AvgIpc) is 3.20. The molecule has 4 rings (SSSR count). The molecule has 2 aliphatic rings. The monoisotopic (exact) mass is 395 g/mol. The molecule has 1 N–H and O–H groups in total. The first-order valence-electron chi connectivity index (χ1n) is 9.21. The summed E-state index contributed by atoms with van der Waals surface area (Å²) in [4.78, 5) is 30.7. The van der Waals surface area contributed by atoms with Gasteiger partial charge in [-0.2, -0.15) is 0 Å². The van der Waals surface area contributed by atoms with E-state index in [1.54, 1.807) is 14.0 Å². The van der Waals surface area contributed by atoms with E-state index in [2.05, 4.69) is 4.99 Å². The highest BCUT2D eigenvalue weighted by Crippen LogP contribution is 2.48. The second-order valence-corrected chi connectivity index (χ2v) is 8.17. The Bertz CT molecular complexity index is 990. The molecule has 0 amide bonds. The van der Waals surface area contributed by atoms with Crippen LogP contribution in [0.1, 0.15) is 42.0 Å². The smallest absolute Gasteiger partial charge is 0.313 e. The van der Waals surface area contributed by atoms with Crippen LogP contribution in [-0.2, 0) is 9.59 Å². The lowest BCUT2D eigenvalue weighted by molar-refractivity contribution is -0.139. The van der Waals surface area contributed by atoms with Crippen molar-refractivity contribution in [2.45, 2.75) is 31.6 Å². The number of carbonyl (C=O) groups excluding carboxylic acids is 1. The molecule has 28 heavy (non-hydrogen) atoms. The average molecular weight is 395 g/mol. The van der Waals surface area contributed by atoms with Crippen LogP contribution in [-0.4, -0.2) is 29.7 Å². The number of hydrogen-bond donors (Lipinski definition) is 1. The van der Waals surface area contributed by atoms with Gasteiger partial charge in [-0.1, -0.05) is 24.3 Å². The first kappa shape index (κ1) is 18.6. The molecule has 2 heterocycles. The molecule has 2 aromatic rings. The van der Waals surface area contributed by atoms with E-state index in [0.29, 0.717) is 24.1 Å². The zero-order valence-corrected chi connectivity index (χ0v) is 16.5. The van der Waals surface area contributed by atoms with Crippen molar-refractivity contribution < 1.29 is 19.4 Å². The number of benzene rings is 1. The number of para-hydroxylation sites is 1. The van der Waals surface area contributed by atoms with Crippen molar-refractivity contribution in [1.82, 2.24) is 0 Å². The number of methoxy groups -OCH3 is 1. The fourth-order valence-corrected chi connectivity index (χ4v) is 5.25. The highest BCUT2D eigenvalue weighted by Gasteiger charge is 2.44. The van der Waals surface area contributed by atoms with Gasteiger partial charge in [-0.3, -0.25) is 14.6 Å². The molecule has 0 saturated heterocycles. The second kappa shape index (κ2) is 7.36. The molecule has 5 nitrogen and oxygen atoms in total. The summed E-state index contributed by atoms with van der Waals surface area (Å²) in [7, 11) is 1.63. The number of carbonyl (C=O) groups is 2. The Balaban J connectivity index is 1.80. The van der Waals surface area contributed by atoms with Crippen molar-refractivity contribution in [3.05, 3.63) is 63.5 Å². The highest BCUT2D eigenvalue weighted by molar-refractivity contribution is 7.10. The maximum Gasteiger partial charge on any atom is 0.313 e. The van der Waals surface area contributed by atoms with Gasteiger partial charge in [0.25, 0.3) is 0 Å². The molecule has 1 aliphatic carbocycles. The van der Waals surface area contributed by atoms with Crippen molar-refractivity contribution in [2.75, 3.05) is 7.11 Å². The van der Waals surface area contributed by atoms with Crippen LogP contribution < -0.4 is 4.74 Å². The van der Waals surface area contributed by atoms with Gasteiger partial charge in [0.2, 0.25) is 0 Å². The third-order valence-corrected chi connectivity index (χ3v) is 6.54. The maximum atomic E-state index is 13.2. The third-order valence-electron chi connectivity index (χ3n) is 5.58. The van der Waals surface area contributed by atoms with Gasteiger partial charge in [-0.05, 0) is 36.4 Å². The number of rotatable bonds is 4. The Labute approximate surface area is 167 Å². The Kier molecular flexibility index (Phi) is 4.89. The predicted octanol–water partition coefficient (Wildman–Crippen LogP) is 4.42. The molecule has 3 atom stereocenters. The Morgan fingerprint density at radius 2 is 2.00 bits per heavy atom. The van der Waals surface area contributed by atoms with Crippen LogP contribution in [0.2, 0.25) is 0 Å². The van der Waals surface area contributed by atoms with E-state index < -0.39 is 17.8 Å². The molecule has 3 unspecified atom stereocenters. The highest BCUT2D eigenvalue weighted by atomic mass is 32.1. The fraction of sp³-hybridized carbons (Fsp3) is 0.318. The summed E-state index contributed by atoms with van der Waals surface area (Å²) in [5, 5.41) is 11.7. The molecular formula is C22H21NO4S. The van der Waals surface area contributed by atoms with Gasteiger partial charge in [-0.15, -0.1) is 11.3 Å². The number of carboxylic acid groups (broad SMARTS) is 1. The number of hydrogen-bond acceptors (Lipinski definition) is 5. The van der Waals surface area contributed by atoms with Gasteiger partial charge in [-0.25, -0.2) is 0 Å². The first-order valence-corrected chi connectivity index (χ1v) is 10.1. The number of carboxylic acids is 1. The molecule has 144 valence electrons. The zero-order valence-electron chi connectivity index (χ0n) is 15.7. The Morgan fingerprint density at radius 1 is 1.21 bits per heavy atom. The molecule has 0 saturated carbocycles. The minimum absolute atomic E-state index is 0.0157. The topological polar surface area (TPSA) is 76.0 Å². The number of thiophene rings is 1. The zero-order chi connectivity index (χ0) is 19.8. The Hall–Kier alpha value is -2.73. The minimum Gasteiger partial charge on any atom is -0.496 e. The number of aliphatic carboxylic acids is 1. The third kappa shape index (κ3) is 3.07. The molecule has 6 heteroatoms. The van der Waals surface area contributed by atoms with Crippen LogP contribution in [0.5, 0.6) is 5.75 Å². The lowest BCUT2D eigenvalue weighted by atomic mass is 9.71.